The minimum Gasteiger partial charge on any atom is -0.490 e. The van der Waals surface area contributed by atoms with Crippen molar-refractivity contribution < 1.29 is 19.0 Å². The first-order chi connectivity index (χ1) is 13.1. The predicted octanol–water partition coefficient (Wildman–Crippen LogP) is 5.09. The maximum Gasteiger partial charge on any atom is 0.323 e. The number of ether oxygens (including phenoxy) is 3. The number of benzene rings is 2. The molecule has 0 saturated heterocycles. The van der Waals surface area contributed by atoms with Gasteiger partial charge in [0.15, 0.2) is 11.5 Å². The Kier molecular flexibility index (Phi) is 7.79. The Labute approximate surface area is 160 Å². The summed E-state index contributed by atoms with van der Waals surface area (Å²) in [4.78, 5) is 12.4. The minimum atomic E-state index is -0.340. The van der Waals surface area contributed by atoms with Crippen LogP contribution in [0.1, 0.15) is 33.3 Å². The van der Waals surface area contributed by atoms with Crippen LogP contribution in [0.2, 0.25) is 0 Å². The number of hydrogen-bond acceptors (Lipinski definition) is 4. The van der Waals surface area contributed by atoms with E-state index < -0.39 is 0 Å². The first-order valence-electron chi connectivity index (χ1n) is 9.34. The van der Waals surface area contributed by atoms with E-state index in [0.717, 1.165) is 12.1 Å². The molecule has 0 aliphatic rings. The van der Waals surface area contributed by atoms with Gasteiger partial charge in [-0.2, -0.15) is 0 Å². The Morgan fingerprint density at radius 2 is 1.30 bits per heavy atom. The molecule has 2 aromatic rings. The van der Waals surface area contributed by atoms with Crippen molar-refractivity contribution in [1.82, 2.24) is 0 Å². The van der Waals surface area contributed by atoms with Crippen molar-refractivity contribution in [2.75, 3.05) is 30.5 Å². The summed E-state index contributed by atoms with van der Waals surface area (Å²) in [5, 5.41) is 5.64. The largest absolute Gasteiger partial charge is 0.490 e. The van der Waals surface area contributed by atoms with E-state index in [1.54, 1.807) is 12.1 Å². The molecular formula is C21H28N2O4. The molecular weight excluding hydrogens is 344 g/mol. The molecule has 2 N–H and O–H groups in total. The summed E-state index contributed by atoms with van der Waals surface area (Å²) in [7, 11) is 0. The van der Waals surface area contributed by atoms with Gasteiger partial charge >= 0.3 is 6.03 Å². The standard InChI is InChI=1S/C21H28N2O4/c1-5-15-9-11-16(12-10-15)22-21(24)23-17-13-18(25-6-2)20(27-8-4)19(14-17)26-7-3/h9-14H,5-8H2,1-4H3,(H2,22,23,24). The Morgan fingerprint density at radius 3 is 1.78 bits per heavy atom. The van der Waals surface area contributed by atoms with E-state index in [0.29, 0.717) is 42.8 Å². The number of carbonyl (C=O) groups is 1. The lowest BCUT2D eigenvalue weighted by atomic mass is 10.1. The number of rotatable bonds is 9. The van der Waals surface area contributed by atoms with Crippen LogP contribution in [0.5, 0.6) is 17.2 Å². The van der Waals surface area contributed by atoms with E-state index in [9.17, 15) is 4.79 Å². The Morgan fingerprint density at radius 1 is 0.778 bits per heavy atom. The van der Waals surface area contributed by atoms with Crippen LogP contribution >= 0.6 is 0 Å². The molecule has 0 bridgehead atoms. The summed E-state index contributed by atoms with van der Waals surface area (Å²) in [5.41, 5.74) is 2.51. The average Bonchev–Trinajstić information content (AvgIpc) is 2.65. The van der Waals surface area contributed by atoms with Crippen molar-refractivity contribution in [3.63, 3.8) is 0 Å². The van der Waals surface area contributed by atoms with Gasteiger partial charge in [-0.3, -0.25) is 0 Å². The molecule has 2 rings (SSSR count). The van der Waals surface area contributed by atoms with Crippen molar-refractivity contribution in [2.24, 2.45) is 0 Å². The Hall–Kier alpha value is -2.89. The van der Waals surface area contributed by atoms with Gasteiger partial charge in [0.1, 0.15) is 0 Å². The number of aryl methyl sites for hydroxylation is 1. The smallest absolute Gasteiger partial charge is 0.323 e. The van der Waals surface area contributed by atoms with Crippen molar-refractivity contribution in [1.29, 1.82) is 0 Å². The van der Waals surface area contributed by atoms with Crippen LogP contribution in [-0.2, 0) is 6.42 Å². The zero-order valence-corrected chi connectivity index (χ0v) is 16.4. The fourth-order valence-corrected chi connectivity index (χ4v) is 2.58. The fourth-order valence-electron chi connectivity index (χ4n) is 2.58. The minimum absolute atomic E-state index is 0.340. The average molecular weight is 372 g/mol. The number of amides is 2. The lowest BCUT2D eigenvalue weighted by Gasteiger charge is -2.17. The summed E-state index contributed by atoms with van der Waals surface area (Å²) < 4.78 is 17.0. The van der Waals surface area contributed by atoms with Gasteiger partial charge in [-0.15, -0.1) is 0 Å². The van der Waals surface area contributed by atoms with Crippen LogP contribution in [0.3, 0.4) is 0 Å². The summed E-state index contributed by atoms with van der Waals surface area (Å²) in [6, 6.07) is 10.9. The third-order valence-electron chi connectivity index (χ3n) is 3.79. The number of hydrogen-bond donors (Lipinski definition) is 2. The van der Waals surface area contributed by atoms with Crippen molar-refractivity contribution in [3.05, 3.63) is 42.0 Å². The highest BCUT2D eigenvalue weighted by Crippen LogP contribution is 2.40. The van der Waals surface area contributed by atoms with E-state index in [1.165, 1.54) is 5.56 Å². The highest BCUT2D eigenvalue weighted by molar-refractivity contribution is 6.00. The molecule has 0 saturated carbocycles. The van der Waals surface area contributed by atoms with Crippen molar-refractivity contribution in [2.45, 2.75) is 34.1 Å². The fraction of sp³-hybridized carbons (Fsp3) is 0.381. The van der Waals surface area contributed by atoms with Gasteiger partial charge in [0.05, 0.1) is 25.5 Å². The molecule has 0 aromatic heterocycles. The van der Waals surface area contributed by atoms with Gasteiger partial charge in [0.25, 0.3) is 0 Å². The maximum absolute atomic E-state index is 12.4. The molecule has 0 aliphatic carbocycles. The molecule has 0 heterocycles. The van der Waals surface area contributed by atoms with Gasteiger partial charge in [-0.1, -0.05) is 19.1 Å². The van der Waals surface area contributed by atoms with Crippen LogP contribution in [0, 0.1) is 0 Å². The van der Waals surface area contributed by atoms with Crippen LogP contribution in [0.15, 0.2) is 36.4 Å². The highest BCUT2D eigenvalue weighted by atomic mass is 16.5. The van der Waals surface area contributed by atoms with Crippen molar-refractivity contribution >= 4 is 17.4 Å². The molecule has 2 amide bonds. The van der Waals surface area contributed by atoms with Gasteiger partial charge in [-0.25, -0.2) is 4.79 Å². The molecule has 0 atom stereocenters. The molecule has 0 unspecified atom stereocenters. The number of carbonyl (C=O) groups excluding carboxylic acids is 1. The Bertz CT molecular complexity index is 717. The summed E-state index contributed by atoms with van der Waals surface area (Å²) >= 11 is 0. The zero-order chi connectivity index (χ0) is 19.6. The van der Waals surface area contributed by atoms with Crippen molar-refractivity contribution in [3.8, 4) is 17.2 Å². The third-order valence-corrected chi connectivity index (χ3v) is 3.79. The summed E-state index contributed by atoms with van der Waals surface area (Å²) in [6.45, 7) is 9.21. The summed E-state index contributed by atoms with van der Waals surface area (Å²) in [6.07, 6.45) is 0.957. The lowest BCUT2D eigenvalue weighted by Crippen LogP contribution is -2.19. The zero-order valence-electron chi connectivity index (χ0n) is 16.4. The van der Waals surface area contributed by atoms with Gasteiger partial charge in [-0.05, 0) is 44.9 Å². The van der Waals surface area contributed by atoms with Gasteiger partial charge in [0, 0.05) is 17.8 Å². The summed E-state index contributed by atoms with van der Waals surface area (Å²) in [5.74, 6) is 1.61. The quantitative estimate of drug-likeness (QED) is 0.643. The molecule has 0 spiro atoms. The topological polar surface area (TPSA) is 68.8 Å². The van der Waals surface area contributed by atoms with Crippen LogP contribution in [-0.4, -0.2) is 25.9 Å². The van der Waals surface area contributed by atoms with Gasteiger partial charge in [0.2, 0.25) is 5.75 Å². The molecule has 146 valence electrons. The van der Waals surface area contributed by atoms with E-state index >= 15 is 0 Å². The SMILES string of the molecule is CCOc1cc(NC(=O)Nc2ccc(CC)cc2)cc(OCC)c1OCC. The Balaban J connectivity index is 2.18. The number of urea groups is 1. The number of anilines is 2. The number of nitrogens with one attached hydrogen (secondary N) is 2. The second-order valence-electron chi connectivity index (χ2n) is 5.73. The van der Waals surface area contributed by atoms with E-state index in [-0.39, 0.29) is 6.03 Å². The molecule has 0 radical (unpaired) electrons. The van der Waals surface area contributed by atoms with Gasteiger partial charge < -0.3 is 24.8 Å². The highest BCUT2D eigenvalue weighted by Gasteiger charge is 2.16. The van der Waals surface area contributed by atoms with Crippen LogP contribution in [0.25, 0.3) is 0 Å². The monoisotopic (exact) mass is 372 g/mol. The second kappa shape index (κ2) is 10.3. The first kappa shape index (κ1) is 20.4. The maximum atomic E-state index is 12.4. The first-order valence-corrected chi connectivity index (χ1v) is 9.34. The molecule has 27 heavy (non-hydrogen) atoms. The molecule has 6 nitrogen and oxygen atoms in total. The van der Waals surface area contributed by atoms with E-state index in [2.05, 4.69) is 17.6 Å². The molecule has 2 aromatic carbocycles. The predicted molar refractivity (Wildman–Crippen MR) is 108 cm³/mol. The molecule has 6 heteroatoms. The second-order valence-corrected chi connectivity index (χ2v) is 5.73. The molecule has 0 fully saturated rings. The van der Waals surface area contributed by atoms with E-state index in [1.807, 2.05) is 45.0 Å². The lowest BCUT2D eigenvalue weighted by molar-refractivity contribution is 0.260. The van der Waals surface area contributed by atoms with E-state index in [4.69, 9.17) is 14.2 Å². The van der Waals surface area contributed by atoms with Crippen LogP contribution in [0.4, 0.5) is 16.2 Å². The third kappa shape index (κ3) is 5.81. The van der Waals surface area contributed by atoms with Crippen LogP contribution < -0.4 is 24.8 Å². The normalized spacial score (nSPS) is 10.2. The molecule has 0 aliphatic heterocycles.